The molecule has 5 atom stereocenters. The monoisotopic (exact) mass is 296 g/mol. The van der Waals surface area contributed by atoms with Crippen molar-refractivity contribution in [3.05, 3.63) is 29.8 Å². The Labute approximate surface area is 123 Å². The minimum Gasteiger partial charge on any atom is -0.497 e. The van der Waals surface area contributed by atoms with Gasteiger partial charge in [-0.1, -0.05) is 12.1 Å². The summed E-state index contributed by atoms with van der Waals surface area (Å²) in [6, 6.07) is 7.61. The van der Waals surface area contributed by atoms with Crippen molar-refractivity contribution in [2.24, 2.45) is 0 Å². The Balaban J connectivity index is 1.64. The van der Waals surface area contributed by atoms with E-state index in [-0.39, 0.29) is 6.10 Å². The van der Waals surface area contributed by atoms with Crippen LogP contribution in [0.25, 0.3) is 0 Å². The van der Waals surface area contributed by atoms with Crippen molar-refractivity contribution in [2.45, 2.75) is 37.3 Å². The fourth-order valence-electron chi connectivity index (χ4n) is 2.71. The summed E-state index contributed by atoms with van der Waals surface area (Å²) in [5.41, 5.74) is 1.00. The molecule has 0 aromatic heterocycles. The van der Waals surface area contributed by atoms with E-state index in [9.17, 15) is 5.11 Å². The number of hydrogen-bond acceptors (Lipinski definition) is 6. The summed E-state index contributed by atoms with van der Waals surface area (Å²) in [5, 5.41) is 10.2. The molecular formula is C15H20O6. The van der Waals surface area contributed by atoms with E-state index in [1.54, 1.807) is 14.2 Å². The van der Waals surface area contributed by atoms with Gasteiger partial charge >= 0.3 is 0 Å². The minimum absolute atomic E-state index is 0.333. The van der Waals surface area contributed by atoms with Crippen LogP contribution in [0.15, 0.2) is 24.3 Å². The van der Waals surface area contributed by atoms with Crippen LogP contribution in [0.3, 0.4) is 0 Å². The average Bonchev–Trinajstić information content (AvgIpc) is 2.96. The molecule has 0 spiro atoms. The summed E-state index contributed by atoms with van der Waals surface area (Å²) in [4.78, 5) is 0. The molecule has 1 aromatic carbocycles. The summed E-state index contributed by atoms with van der Waals surface area (Å²) in [6.45, 7) is 0.753. The van der Waals surface area contributed by atoms with Gasteiger partial charge in [-0.15, -0.1) is 0 Å². The molecule has 0 radical (unpaired) electrons. The molecular weight excluding hydrogens is 276 g/mol. The maximum atomic E-state index is 10.2. The molecule has 21 heavy (non-hydrogen) atoms. The maximum Gasteiger partial charge on any atom is 0.187 e. The first-order chi connectivity index (χ1) is 10.2. The summed E-state index contributed by atoms with van der Waals surface area (Å²) < 4.78 is 27.4. The van der Waals surface area contributed by atoms with Gasteiger partial charge < -0.3 is 28.8 Å². The van der Waals surface area contributed by atoms with Crippen LogP contribution in [0.5, 0.6) is 5.75 Å². The fourth-order valence-corrected chi connectivity index (χ4v) is 2.71. The highest BCUT2D eigenvalue weighted by Gasteiger charge is 2.51. The fraction of sp³-hybridized carbons (Fsp3) is 0.600. The average molecular weight is 296 g/mol. The number of aliphatic hydroxyl groups is 1. The Morgan fingerprint density at radius 2 is 1.95 bits per heavy atom. The van der Waals surface area contributed by atoms with Gasteiger partial charge in [0.25, 0.3) is 0 Å². The van der Waals surface area contributed by atoms with Crippen molar-refractivity contribution >= 4 is 0 Å². The molecule has 2 bridgehead atoms. The van der Waals surface area contributed by atoms with Crippen molar-refractivity contribution in [3.63, 3.8) is 0 Å². The highest BCUT2D eigenvalue weighted by Crippen LogP contribution is 2.32. The second-order valence-corrected chi connectivity index (χ2v) is 5.19. The van der Waals surface area contributed by atoms with Crippen LogP contribution in [-0.2, 0) is 25.6 Å². The standard InChI is InChI=1S/C15H20O6/c1-17-10-5-3-9(4-6-10)7-19-14-13(18-2)12(16)11-8-20-15(14)21-11/h3-6,11-16H,7-8H2,1-2H3/t11?,12-,13-,14?,15-/m0/s1. The Hall–Kier alpha value is -1.18. The van der Waals surface area contributed by atoms with Crippen LogP contribution in [0.2, 0.25) is 0 Å². The molecule has 2 fully saturated rings. The Morgan fingerprint density at radius 1 is 1.19 bits per heavy atom. The van der Waals surface area contributed by atoms with Crippen LogP contribution in [0.4, 0.5) is 0 Å². The predicted octanol–water partition coefficient (Wildman–Crippen LogP) is 0.711. The number of rotatable bonds is 5. The van der Waals surface area contributed by atoms with E-state index >= 15 is 0 Å². The molecule has 2 aliphatic rings. The lowest BCUT2D eigenvalue weighted by atomic mass is 10.0. The molecule has 2 aliphatic heterocycles. The zero-order chi connectivity index (χ0) is 14.8. The molecule has 1 N–H and O–H groups in total. The molecule has 2 saturated heterocycles. The van der Waals surface area contributed by atoms with Crippen LogP contribution in [0, 0.1) is 0 Å². The van der Waals surface area contributed by atoms with E-state index in [4.69, 9.17) is 23.7 Å². The summed E-state index contributed by atoms with van der Waals surface area (Å²) in [7, 11) is 3.19. The van der Waals surface area contributed by atoms with Gasteiger partial charge in [0.05, 0.1) is 20.3 Å². The number of aliphatic hydroxyl groups excluding tert-OH is 1. The van der Waals surface area contributed by atoms with Crippen LogP contribution in [0.1, 0.15) is 5.56 Å². The van der Waals surface area contributed by atoms with E-state index in [0.29, 0.717) is 13.2 Å². The molecule has 0 aliphatic carbocycles. The van der Waals surface area contributed by atoms with Gasteiger partial charge in [0.2, 0.25) is 0 Å². The molecule has 0 amide bonds. The molecule has 3 rings (SSSR count). The molecule has 6 heteroatoms. The zero-order valence-corrected chi connectivity index (χ0v) is 12.1. The smallest absolute Gasteiger partial charge is 0.187 e. The lowest BCUT2D eigenvalue weighted by molar-refractivity contribution is -0.251. The van der Waals surface area contributed by atoms with Crippen molar-refractivity contribution in [1.29, 1.82) is 0 Å². The number of benzene rings is 1. The maximum absolute atomic E-state index is 10.2. The van der Waals surface area contributed by atoms with Gasteiger partial charge in [0.15, 0.2) is 6.29 Å². The van der Waals surface area contributed by atoms with Gasteiger partial charge in [0, 0.05) is 7.11 Å². The summed E-state index contributed by atoms with van der Waals surface area (Å²) in [5.74, 6) is 0.798. The third kappa shape index (κ3) is 2.90. The lowest BCUT2D eigenvalue weighted by Crippen LogP contribution is -2.55. The number of hydrogen-bond donors (Lipinski definition) is 1. The number of fused-ring (bicyclic) bond motifs is 2. The van der Waals surface area contributed by atoms with E-state index in [2.05, 4.69) is 0 Å². The predicted molar refractivity (Wildman–Crippen MR) is 73.0 cm³/mol. The van der Waals surface area contributed by atoms with Gasteiger partial charge in [-0.25, -0.2) is 0 Å². The van der Waals surface area contributed by atoms with Crippen molar-refractivity contribution in [3.8, 4) is 5.75 Å². The molecule has 0 saturated carbocycles. The third-order valence-corrected chi connectivity index (χ3v) is 3.92. The highest BCUT2D eigenvalue weighted by atomic mass is 16.8. The first-order valence-electron chi connectivity index (χ1n) is 6.95. The van der Waals surface area contributed by atoms with E-state index in [1.807, 2.05) is 24.3 Å². The summed E-state index contributed by atoms with van der Waals surface area (Å²) in [6.07, 6.45) is -2.46. The summed E-state index contributed by atoms with van der Waals surface area (Å²) >= 11 is 0. The SMILES string of the molecule is COc1ccc(COC2[C@H]3OCC(O3)[C@H](O)[C@@H]2OC)cc1. The molecule has 1 aromatic rings. The van der Waals surface area contributed by atoms with Gasteiger partial charge in [0.1, 0.15) is 30.2 Å². The van der Waals surface area contributed by atoms with Gasteiger partial charge in [-0.3, -0.25) is 0 Å². The van der Waals surface area contributed by atoms with E-state index in [0.717, 1.165) is 11.3 Å². The normalized spacial score (nSPS) is 34.9. The third-order valence-electron chi connectivity index (χ3n) is 3.92. The number of methoxy groups -OCH3 is 2. The topological polar surface area (TPSA) is 66.4 Å². The van der Waals surface area contributed by atoms with Crippen molar-refractivity contribution in [2.75, 3.05) is 20.8 Å². The van der Waals surface area contributed by atoms with Gasteiger partial charge in [-0.2, -0.15) is 0 Å². The molecule has 2 heterocycles. The first-order valence-corrected chi connectivity index (χ1v) is 6.95. The van der Waals surface area contributed by atoms with Crippen LogP contribution >= 0.6 is 0 Å². The van der Waals surface area contributed by atoms with E-state index < -0.39 is 24.6 Å². The quantitative estimate of drug-likeness (QED) is 0.863. The van der Waals surface area contributed by atoms with Gasteiger partial charge in [-0.05, 0) is 17.7 Å². The van der Waals surface area contributed by atoms with Crippen LogP contribution < -0.4 is 4.74 Å². The second kappa shape index (κ2) is 6.29. The van der Waals surface area contributed by atoms with E-state index in [1.165, 1.54) is 0 Å². The minimum atomic E-state index is -0.741. The Kier molecular flexibility index (Phi) is 4.42. The molecule has 6 nitrogen and oxygen atoms in total. The number of ether oxygens (including phenoxy) is 5. The van der Waals surface area contributed by atoms with Crippen molar-refractivity contribution < 1.29 is 28.8 Å². The molecule has 116 valence electrons. The first kappa shape index (κ1) is 14.7. The zero-order valence-electron chi connectivity index (χ0n) is 12.1. The largest absolute Gasteiger partial charge is 0.497 e. The Bertz CT molecular complexity index is 462. The van der Waals surface area contributed by atoms with Crippen LogP contribution in [-0.4, -0.2) is 56.6 Å². The van der Waals surface area contributed by atoms with Crippen molar-refractivity contribution in [1.82, 2.24) is 0 Å². The Morgan fingerprint density at radius 3 is 2.62 bits per heavy atom. The lowest BCUT2D eigenvalue weighted by Gasteiger charge is -2.37. The second-order valence-electron chi connectivity index (χ2n) is 5.19. The molecule has 2 unspecified atom stereocenters. The highest BCUT2D eigenvalue weighted by molar-refractivity contribution is 5.26.